The molecule has 0 amide bonds. The summed E-state index contributed by atoms with van der Waals surface area (Å²) in [6.45, 7) is 0. The molecule has 4 heteroatoms. The molecule has 0 aromatic heterocycles. The van der Waals surface area contributed by atoms with Crippen LogP contribution in [0.15, 0.2) is 18.2 Å². The zero-order valence-electron chi connectivity index (χ0n) is 14.0. The van der Waals surface area contributed by atoms with Crippen LogP contribution in [0.25, 0.3) is 0 Å². The second-order valence-electron chi connectivity index (χ2n) is 7.31. The number of halogens is 3. The van der Waals surface area contributed by atoms with Gasteiger partial charge in [-0.15, -0.1) is 0 Å². The molecule has 0 aliphatic heterocycles. The molecule has 3 rings (SSSR count). The number of hydrogen-bond acceptors (Lipinski definition) is 1. The Morgan fingerprint density at radius 1 is 0.833 bits per heavy atom. The highest BCUT2D eigenvalue weighted by atomic mass is 19.4. The fraction of sp³-hybridized carbons (Fsp3) is 0.650. The first-order valence-corrected chi connectivity index (χ1v) is 9.23. The first-order chi connectivity index (χ1) is 11.5. The van der Waals surface area contributed by atoms with E-state index >= 15 is 0 Å². The SMILES string of the molecule is O=C(c1cccc(C2CCCCC2)c1C1CCCCC1)C(F)(F)F. The Morgan fingerprint density at radius 2 is 1.38 bits per heavy atom. The van der Waals surface area contributed by atoms with E-state index in [0.29, 0.717) is 5.92 Å². The van der Waals surface area contributed by atoms with Crippen molar-refractivity contribution in [3.8, 4) is 0 Å². The van der Waals surface area contributed by atoms with E-state index in [1.807, 2.05) is 6.07 Å². The summed E-state index contributed by atoms with van der Waals surface area (Å²) in [4.78, 5) is 12.0. The van der Waals surface area contributed by atoms with E-state index < -0.39 is 12.0 Å². The van der Waals surface area contributed by atoms with Crippen LogP contribution in [0, 0.1) is 0 Å². The number of alkyl halides is 3. The smallest absolute Gasteiger partial charge is 0.284 e. The van der Waals surface area contributed by atoms with Crippen LogP contribution in [-0.2, 0) is 0 Å². The fourth-order valence-corrected chi connectivity index (χ4v) is 4.55. The highest BCUT2D eigenvalue weighted by molar-refractivity contribution is 6.02. The van der Waals surface area contributed by atoms with Crippen LogP contribution in [0.4, 0.5) is 13.2 Å². The van der Waals surface area contributed by atoms with Gasteiger partial charge in [-0.1, -0.05) is 56.7 Å². The van der Waals surface area contributed by atoms with E-state index in [-0.39, 0.29) is 11.5 Å². The van der Waals surface area contributed by atoms with Gasteiger partial charge >= 0.3 is 6.18 Å². The highest BCUT2D eigenvalue weighted by Crippen LogP contribution is 2.43. The summed E-state index contributed by atoms with van der Waals surface area (Å²) in [5.74, 6) is -1.24. The average molecular weight is 338 g/mol. The number of Topliss-reactive ketones (excluding diaryl/α,β-unsaturated/α-hetero) is 1. The minimum Gasteiger partial charge on any atom is -0.284 e. The summed E-state index contributed by atoms with van der Waals surface area (Å²) >= 11 is 0. The molecule has 0 unspecified atom stereocenters. The van der Waals surface area contributed by atoms with Crippen LogP contribution in [0.2, 0.25) is 0 Å². The summed E-state index contributed by atoms with van der Waals surface area (Å²) in [6.07, 6.45) is 5.78. The first-order valence-electron chi connectivity index (χ1n) is 9.23. The van der Waals surface area contributed by atoms with Crippen molar-refractivity contribution in [3.05, 3.63) is 34.9 Å². The lowest BCUT2D eigenvalue weighted by Gasteiger charge is -2.31. The summed E-state index contributed by atoms with van der Waals surface area (Å²) < 4.78 is 39.3. The monoisotopic (exact) mass is 338 g/mol. The van der Waals surface area contributed by atoms with Gasteiger partial charge in [-0.3, -0.25) is 4.79 Å². The predicted octanol–water partition coefficient (Wildman–Crippen LogP) is 6.53. The van der Waals surface area contributed by atoms with E-state index in [2.05, 4.69) is 0 Å². The van der Waals surface area contributed by atoms with Crippen LogP contribution in [0.1, 0.15) is 97.5 Å². The Labute approximate surface area is 141 Å². The lowest BCUT2D eigenvalue weighted by molar-refractivity contribution is -0.0886. The number of hydrogen-bond donors (Lipinski definition) is 0. The molecule has 1 aromatic carbocycles. The molecule has 0 heterocycles. The zero-order valence-corrected chi connectivity index (χ0v) is 14.0. The Morgan fingerprint density at radius 3 is 1.92 bits per heavy atom. The molecule has 0 bridgehead atoms. The molecule has 0 saturated heterocycles. The highest BCUT2D eigenvalue weighted by Gasteiger charge is 2.42. The zero-order chi connectivity index (χ0) is 17.2. The van der Waals surface area contributed by atoms with Gasteiger partial charge in [0.05, 0.1) is 0 Å². The van der Waals surface area contributed by atoms with Crippen molar-refractivity contribution in [2.45, 2.75) is 82.2 Å². The third-order valence-electron chi connectivity index (χ3n) is 5.70. The van der Waals surface area contributed by atoms with Crippen molar-refractivity contribution in [3.63, 3.8) is 0 Å². The van der Waals surface area contributed by atoms with Crippen LogP contribution < -0.4 is 0 Å². The molecule has 1 nitrogen and oxygen atoms in total. The normalized spacial score (nSPS) is 21.0. The van der Waals surface area contributed by atoms with E-state index in [0.717, 1.165) is 68.9 Å². The molecule has 0 spiro atoms. The quantitative estimate of drug-likeness (QED) is 0.573. The van der Waals surface area contributed by atoms with Gasteiger partial charge in [-0.05, 0) is 48.6 Å². The maximum absolute atomic E-state index is 13.1. The van der Waals surface area contributed by atoms with Gasteiger partial charge in [0.1, 0.15) is 0 Å². The molecule has 0 N–H and O–H groups in total. The standard InChI is InChI=1S/C20H25F3O/c21-20(22,23)19(24)17-13-7-12-16(14-8-3-1-4-9-14)18(17)15-10-5-2-6-11-15/h7,12-15H,1-6,8-11H2. The third-order valence-corrected chi connectivity index (χ3v) is 5.70. The van der Waals surface area contributed by atoms with E-state index in [1.165, 1.54) is 12.5 Å². The van der Waals surface area contributed by atoms with Crippen LogP contribution >= 0.6 is 0 Å². The molecule has 1 aromatic rings. The van der Waals surface area contributed by atoms with Crippen molar-refractivity contribution in [1.82, 2.24) is 0 Å². The fourth-order valence-electron chi connectivity index (χ4n) is 4.55. The summed E-state index contributed by atoms with van der Waals surface area (Å²) in [7, 11) is 0. The van der Waals surface area contributed by atoms with Gasteiger partial charge < -0.3 is 0 Å². The van der Waals surface area contributed by atoms with Crippen molar-refractivity contribution >= 4 is 5.78 Å². The number of ketones is 1. The second-order valence-corrected chi connectivity index (χ2v) is 7.31. The minimum atomic E-state index is -4.80. The summed E-state index contributed by atoms with van der Waals surface area (Å²) in [5.41, 5.74) is 1.67. The molecule has 24 heavy (non-hydrogen) atoms. The summed E-state index contributed by atoms with van der Waals surface area (Å²) in [6, 6.07) is 5.02. The number of benzene rings is 1. The Hall–Kier alpha value is -1.32. The molecule has 0 atom stereocenters. The molecule has 2 saturated carbocycles. The van der Waals surface area contributed by atoms with E-state index in [4.69, 9.17) is 0 Å². The minimum absolute atomic E-state index is 0.0857. The molecular formula is C20H25F3O. The summed E-state index contributed by atoms with van der Waals surface area (Å²) in [5, 5.41) is 0. The van der Waals surface area contributed by atoms with Crippen molar-refractivity contribution in [2.24, 2.45) is 0 Å². The van der Waals surface area contributed by atoms with Gasteiger partial charge in [0, 0.05) is 5.56 Å². The number of carbonyl (C=O) groups is 1. The molecular weight excluding hydrogens is 313 g/mol. The number of rotatable bonds is 3. The lowest BCUT2D eigenvalue weighted by atomic mass is 9.74. The Bertz CT molecular complexity index is 579. The van der Waals surface area contributed by atoms with Crippen molar-refractivity contribution < 1.29 is 18.0 Å². The maximum atomic E-state index is 13.1. The topological polar surface area (TPSA) is 17.1 Å². The van der Waals surface area contributed by atoms with Gasteiger partial charge in [0.25, 0.3) is 5.78 Å². The van der Waals surface area contributed by atoms with Gasteiger partial charge in [0.15, 0.2) is 0 Å². The van der Waals surface area contributed by atoms with Crippen LogP contribution in [0.5, 0.6) is 0 Å². The predicted molar refractivity (Wildman–Crippen MR) is 88.5 cm³/mol. The molecule has 2 aliphatic rings. The van der Waals surface area contributed by atoms with Crippen molar-refractivity contribution in [1.29, 1.82) is 0 Å². The van der Waals surface area contributed by atoms with E-state index in [9.17, 15) is 18.0 Å². The third kappa shape index (κ3) is 3.68. The maximum Gasteiger partial charge on any atom is 0.454 e. The van der Waals surface area contributed by atoms with Gasteiger partial charge in [-0.2, -0.15) is 13.2 Å². The van der Waals surface area contributed by atoms with E-state index in [1.54, 1.807) is 6.07 Å². The van der Waals surface area contributed by atoms with Gasteiger partial charge in [-0.25, -0.2) is 0 Å². The first kappa shape index (κ1) is 17.5. The molecule has 0 radical (unpaired) electrons. The van der Waals surface area contributed by atoms with Crippen molar-refractivity contribution in [2.75, 3.05) is 0 Å². The van der Waals surface area contributed by atoms with Crippen LogP contribution in [0.3, 0.4) is 0 Å². The molecule has 132 valence electrons. The Kier molecular flexibility index (Phi) is 5.31. The average Bonchev–Trinajstić information content (AvgIpc) is 2.61. The number of carbonyl (C=O) groups excluding carboxylic acids is 1. The largest absolute Gasteiger partial charge is 0.454 e. The molecule has 2 fully saturated rings. The molecule has 2 aliphatic carbocycles. The second kappa shape index (κ2) is 7.28. The Balaban J connectivity index is 2.05. The van der Waals surface area contributed by atoms with Crippen LogP contribution in [-0.4, -0.2) is 12.0 Å². The lowest BCUT2D eigenvalue weighted by Crippen LogP contribution is -2.26. The van der Waals surface area contributed by atoms with Gasteiger partial charge in [0.2, 0.25) is 0 Å².